The van der Waals surface area contributed by atoms with Crippen molar-refractivity contribution >= 4 is 22.8 Å². The van der Waals surface area contributed by atoms with Crippen molar-refractivity contribution in [2.45, 2.75) is 32.9 Å². The van der Waals surface area contributed by atoms with Gasteiger partial charge in [-0.3, -0.25) is 4.79 Å². The number of fused-ring (bicyclic) bond motifs is 1. The van der Waals surface area contributed by atoms with Gasteiger partial charge in [0.15, 0.2) is 0 Å². The Hall–Kier alpha value is -2.30. The summed E-state index contributed by atoms with van der Waals surface area (Å²) in [7, 11) is 0. The Bertz CT molecular complexity index is 665. The molecule has 0 aliphatic heterocycles. The van der Waals surface area contributed by atoms with Gasteiger partial charge in [-0.2, -0.15) is 0 Å². The standard InChI is InChI=1S/C15H18N2O3/c1-15(2,3)16-13(18)9-17-7-6-10-4-5-11(14(19)20)8-12(10)17/h4-8H,9H2,1-3H3,(H,16,18)(H,19,20). The van der Waals surface area contributed by atoms with Gasteiger partial charge in [0.2, 0.25) is 5.91 Å². The molecule has 1 aromatic carbocycles. The first-order valence-electron chi connectivity index (χ1n) is 6.39. The molecule has 5 heteroatoms. The molecule has 0 saturated carbocycles. The molecule has 0 aliphatic rings. The van der Waals surface area contributed by atoms with E-state index in [9.17, 15) is 9.59 Å². The number of rotatable bonds is 3. The van der Waals surface area contributed by atoms with Crippen LogP contribution >= 0.6 is 0 Å². The molecule has 0 fully saturated rings. The summed E-state index contributed by atoms with van der Waals surface area (Å²) >= 11 is 0. The van der Waals surface area contributed by atoms with Crippen LogP contribution in [0.15, 0.2) is 30.5 Å². The normalized spacial score (nSPS) is 11.6. The molecular weight excluding hydrogens is 256 g/mol. The highest BCUT2D eigenvalue weighted by Gasteiger charge is 2.15. The molecule has 0 saturated heterocycles. The molecule has 0 atom stereocenters. The lowest BCUT2D eigenvalue weighted by atomic mass is 10.1. The van der Waals surface area contributed by atoms with Crippen molar-refractivity contribution in [3.63, 3.8) is 0 Å². The maximum Gasteiger partial charge on any atom is 0.335 e. The number of carboxylic acids is 1. The van der Waals surface area contributed by atoms with Gasteiger partial charge in [0, 0.05) is 17.3 Å². The van der Waals surface area contributed by atoms with Crippen LogP contribution in [0.2, 0.25) is 0 Å². The van der Waals surface area contributed by atoms with Crippen LogP contribution in [0.5, 0.6) is 0 Å². The van der Waals surface area contributed by atoms with E-state index in [1.54, 1.807) is 29.0 Å². The summed E-state index contributed by atoms with van der Waals surface area (Å²) in [5, 5.41) is 12.8. The molecule has 0 radical (unpaired) electrons. The van der Waals surface area contributed by atoms with Crippen molar-refractivity contribution in [2.75, 3.05) is 0 Å². The molecule has 2 rings (SSSR count). The smallest absolute Gasteiger partial charge is 0.335 e. The quantitative estimate of drug-likeness (QED) is 0.901. The van der Waals surface area contributed by atoms with Gasteiger partial charge in [-0.25, -0.2) is 4.79 Å². The van der Waals surface area contributed by atoms with E-state index >= 15 is 0 Å². The number of carbonyl (C=O) groups excluding carboxylic acids is 1. The largest absolute Gasteiger partial charge is 0.478 e. The Labute approximate surface area is 117 Å². The number of benzene rings is 1. The van der Waals surface area contributed by atoms with Crippen molar-refractivity contribution in [3.8, 4) is 0 Å². The lowest BCUT2D eigenvalue weighted by molar-refractivity contribution is -0.123. The highest BCUT2D eigenvalue weighted by molar-refractivity contribution is 5.94. The van der Waals surface area contributed by atoms with Gasteiger partial charge in [0.25, 0.3) is 0 Å². The Kier molecular flexibility index (Phi) is 3.53. The average molecular weight is 274 g/mol. The molecular formula is C15H18N2O3. The first-order valence-corrected chi connectivity index (χ1v) is 6.39. The predicted octanol–water partition coefficient (Wildman–Crippen LogP) is 2.25. The fourth-order valence-corrected chi connectivity index (χ4v) is 2.07. The predicted molar refractivity (Wildman–Crippen MR) is 76.8 cm³/mol. The molecule has 5 nitrogen and oxygen atoms in total. The van der Waals surface area contributed by atoms with Crippen LogP contribution in [0.4, 0.5) is 0 Å². The van der Waals surface area contributed by atoms with Crippen LogP contribution < -0.4 is 5.32 Å². The van der Waals surface area contributed by atoms with Gasteiger partial charge in [-0.05, 0) is 44.4 Å². The molecule has 1 heterocycles. The summed E-state index contributed by atoms with van der Waals surface area (Å²) in [5.74, 6) is -1.07. The van der Waals surface area contributed by atoms with Gasteiger partial charge >= 0.3 is 5.97 Å². The number of hydrogen-bond donors (Lipinski definition) is 2. The Morgan fingerprint density at radius 3 is 2.55 bits per heavy atom. The SMILES string of the molecule is CC(C)(C)NC(=O)Cn1ccc2ccc(C(=O)O)cc21. The third-order valence-electron chi connectivity index (χ3n) is 2.85. The third kappa shape index (κ3) is 3.17. The number of aromatic carboxylic acids is 1. The first kappa shape index (κ1) is 14.1. The van der Waals surface area contributed by atoms with E-state index in [0.717, 1.165) is 10.9 Å². The number of carbonyl (C=O) groups is 2. The molecule has 106 valence electrons. The van der Waals surface area contributed by atoms with Gasteiger partial charge in [0.05, 0.1) is 5.56 Å². The summed E-state index contributed by atoms with van der Waals surface area (Å²) < 4.78 is 1.75. The zero-order chi connectivity index (χ0) is 14.9. The van der Waals surface area contributed by atoms with Gasteiger partial charge in [0.1, 0.15) is 6.54 Å². The first-order chi connectivity index (χ1) is 9.26. The molecule has 1 aromatic heterocycles. The van der Waals surface area contributed by atoms with E-state index in [0.29, 0.717) is 0 Å². The Morgan fingerprint density at radius 2 is 1.95 bits per heavy atom. The van der Waals surface area contributed by atoms with Crippen molar-refractivity contribution in [2.24, 2.45) is 0 Å². The maximum absolute atomic E-state index is 11.9. The molecule has 0 spiro atoms. The fourth-order valence-electron chi connectivity index (χ4n) is 2.07. The van der Waals surface area contributed by atoms with Crippen molar-refractivity contribution in [3.05, 3.63) is 36.0 Å². The highest BCUT2D eigenvalue weighted by Crippen LogP contribution is 2.18. The second kappa shape index (κ2) is 5.00. The van der Waals surface area contributed by atoms with Crippen molar-refractivity contribution < 1.29 is 14.7 Å². The topological polar surface area (TPSA) is 71.3 Å². The van der Waals surface area contributed by atoms with Crippen LogP contribution in [0.3, 0.4) is 0 Å². The number of amides is 1. The van der Waals surface area contributed by atoms with Gasteiger partial charge in [-0.1, -0.05) is 6.07 Å². The molecule has 2 aromatic rings. The Balaban J connectivity index is 2.28. The van der Waals surface area contributed by atoms with Crippen LogP contribution in [0.1, 0.15) is 31.1 Å². The van der Waals surface area contributed by atoms with E-state index in [1.165, 1.54) is 0 Å². The van der Waals surface area contributed by atoms with Crippen LogP contribution in [0, 0.1) is 0 Å². The van der Waals surface area contributed by atoms with Crippen LogP contribution in [-0.2, 0) is 11.3 Å². The van der Waals surface area contributed by atoms with Gasteiger partial charge in [-0.15, -0.1) is 0 Å². The van der Waals surface area contributed by atoms with Crippen molar-refractivity contribution in [1.82, 2.24) is 9.88 Å². The minimum atomic E-state index is -0.973. The summed E-state index contributed by atoms with van der Waals surface area (Å²) in [5.41, 5.74) is 0.675. The number of hydrogen-bond acceptors (Lipinski definition) is 2. The number of nitrogens with one attached hydrogen (secondary N) is 1. The third-order valence-corrected chi connectivity index (χ3v) is 2.85. The van der Waals surface area contributed by atoms with E-state index in [-0.39, 0.29) is 23.6 Å². The van der Waals surface area contributed by atoms with Crippen molar-refractivity contribution in [1.29, 1.82) is 0 Å². The summed E-state index contributed by atoms with van der Waals surface area (Å²) in [6.45, 7) is 5.92. The minimum Gasteiger partial charge on any atom is -0.478 e. The van der Waals surface area contributed by atoms with Crippen LogP contribution in [0.25, 0.3) is 10.9 Å². The van der Waals surface area contributed by atoms with Gasteiger partial charge < -0.3 is 15.0 Å². The summed E-state index contributed by atoms with van der Waals surface area (Å²) in [6.07, 6.45) is 1.79. The number of nitrogens with zero attached hydrogens (tertiary/aromatic N) is 1. The lowest BCUT2D eigenvalue weighted by Crippen LogP contribution is -2.42. The molecule has 0 aliphatic carbocycles. The van der Waals surface area contributed by atoms with E-state index < -0.39 is 5.97 Å². The van der Waals surface area contributed by atoms with Crippen LogP contribution in [-0.4, -0.2) is 27.1 Å². The molecule has 1 amide bonds. The zero-order valence-electron chi connectivity index (χ0n) is 11.8. The second-order valence-electron chi connectivity index (χ2n) is 5.82. The monoisotopic (exact) mass is 274 g/mol. The average Bonchev–Trinajstić information content (AvgIpc) is 2.69. The highest BCUT2D eigenvalue weighted by atomic mass is 16.4. The van der Waals surface area contributed by atoms with E-state index in [2.05, 4.69) is 5.32 Å². The number of aromatic nitrogens is 1. The Morgan fingerprint density at radius 1 is 1.25 bits per heavy atom. The molecule has 0 bridgehead atoms. The second-order valence-corrected chi connectivity index (χ2v) is 5.82. The minimum absolute atomic E-state index is 0.101. The molecule has 2 N–H and O–H groups in total. The maximum atomic E-state index is 11.9. The van der Waals surface area contributed by atoms with E-state index in [1.807, 2.05) is 26.8 Å². The summed E-state index contributed by atoms with van der Waals surface area (Å²) in [4.78, 5) is 22.9. The molecule has 0 unspecified atom stereocenters. The lowest BCUT2D eigenvalue weighted by Gasteiger charge is -2.20. The summed E-state index contributed by atoms with van der Waals surface area (Å²) in [6, 6.07) is 6.76. The number of carboxylic acid groups (broad SMARTS) is 1. The molecule has 20 heavy (non-hydrogen) atoms. The fraction of sp³-hybridized carbons (Fsp3) is 0.333. The zero-order valence-corrected chi connectivity index (χ0v) is 11.8. The van der Waals surface area contributed by atoms with E-state index in [4.69, 9.17) is 5.11 Å².